The zero-order valence-electron chi connectivity index (χ0n) is 9.85. The summed E-state index contributed by atoms with van der Waals surface area (Å²) in [6.07, 6.45) is 3.44. The van der Waals surface area contributed by atoms with Crippen LogP contribution >= 0.6 is 0 Å². The van der Waals surface area contributed by atoms with Crippen LogP contribution in [0.15, 0.2) is 11.5 Å². The number of nitrogens with one attached hydrogen (secondary N) is 2. The van der Waals surface area contributed by atoms with E-state index in [2.05, 4.69) is 17.6 Å². The molecule has 1 fully saturated rings. The van der Waals surface area contributed by atoms with Gasteiger partial charge in [-0.3, -0.25) is 4.79 Å². The maximum Gasteiger partial charge on any atom is 0.237 e. The van der Waals surface area contributed by atoms with Gasteiger partial charge in [0.25, 0.3) is 0 Å². The maximum absolute atomic E-state index is 11.9. The Morgan fingerprint density at radius 2 is 2.24 bits per heavy atom. The van der Waals surface area contributed by atoms with Crippen molar-refractivity contribution in [3.05, 3.63) is 11.5 Å². The first-order valence-corrected chi connectivity index (χ1v) is 7.62. The Bertz CT molecular complexity index is 430. The molecule has 0 bridgehead atoms. The van der Waals surface area contributed by atoms with Crippen LogP contribution < -0.4 is 10.6 Å². The van der Waals surface area contributed by atoms with Gasteiger partial charge in [-0.05, 0) is 31.4 Å². The quantitative estimate of drug-likeness (QED) is 0.719. The lowest BCUT2D eigenvalue weighted by Gasteiger charge is -2.28. The van der Waals surface area contributed by atoms with Crippen LogP contribution in [0, 0.1) is 5.92 Å². The minimum Gasteiger partial charge on any atom is -0.347 e. The summed E-state index contributed by atoms with van der Waals surface area (Å²) >= 11 is 0. The average Bonchev–Trinajstić information content (AvgIpc) is 2.58. The van der Waals surface area contributed by atoms with E-state index in [-0.39, 0.29) is 23.7 Å². The molecule has 3 atom stereocenters. The molecule has 1 saturated heterocycles. The van der Waals surface area contributed by atoms with Crippen molar-refractivity contribution in [1.82, 2.24) is 10.6 Å². The molecule has 2 aliphatic heterocycles. The first-order valence-electron chi connectivity index (χ1n) is 5.91. The summed E-state index contributed by atoms with van der Waals surface area (Å²) in [6, 6.07) is -0.554. The second-order valence-corrected chi connectivity index (χ2v) is 6.84. The Labute approximate surface area is 102 Å². The summed E-state index contributed by atoms with van der Waals surface area (Å²) in [5.41, 5.74) is 0. The lowest BCUT2D eigenvalue weighted by Crippen LogP contribution is -2.51. The van der Waals surface area contributed by atoms with Gasteiger partial charge in [0.05, 0.1) is 17.8 Å². The van der Waals surface area contributed by atoms with Gasteiger partial charge >= 0.3 is 0 Å². The van der Waals surface area contributed by atoms with E-state index in [1.54, 1.807) is 6.08 Å². The molecule has 2 aliphatic rings. The lowest BCUT2D eigenvalue weighted by atomic mass is 9.94. The number of carbonyl (C=O) groups excluding carboxylic acids is 1. The first kappa shape index (κ1) is 12.6. The highest BCUT2D eigenvalue weighted by molar-refractivity contribution is 7.94. The van der Waals surface area contributed by atoms with Crippen LogP contribution in [-0.2, 0) is 14.6 Å². The molecule has 96 valence electrons. The number of rotatable bonds is 2. The standard InChI is InChI=1S/C11H18N2O3S/c1-8-2-4-12-10(6-8)11(14)13-9-3-5-17(15,16)7-9/h3,5,8-10,12H,2,4,6-7H2,1H3,(H,13,14). The van der Waals surface area contributed by atoms with Crippen LogP contribution in [-0.4, -0.2) is 38.7 Å². The fourth-order valence-electron chi connectivity index (χ4n) is 2.26. The minimum atomic E-state index is -3.10. The number of amides is 1. The summed E-state index contributed by atoms with van der Waals surface area (Å²) < 4.78 is 22.4. The van der Waals surface area contributed by atoms with Gasteiger partial charge in [0, 0.05) is 5.41 Å². The van der Waals surface area contributed by atoms with Crippen LogP contribution in [0.4, 0.5) is 0 Å². The van der Waals surface area contributed by atoms with Gasteiger partial charge in [0.1, 0.15) is 0 Å². The molecule has 2 rings (SSSR count). The van der Waals surface area contributed by atoms with Crippen molar-refractivity contribution >= 4 is 15.7 Å². The van der Waals surface area contributed by atoms with Crippen molar-refractivity contribution in [2.24, 2.45) is 5.92 Å². The zero-order chi connectivity index (χ0) is 12.5. The van der Waals surface area contributed by atoms with E-state index in [9.17, 15) is 13.2 Å². The highest BCUT2D eigenvalue weighted by Crippen LogP contribution is 2.16. The molecule has 0 spiro atoms. The molecule has 0 saturated carbocycles. The Morgan fingerprint density at radius 1 is 1.47 bits per heavy atom. The van der Waals surface area contributed by atoms with Gasteiger partial charge in [0.15, 0.2) is 9.84 Å². The van der Waals surface area contributed by atoms with E-state index in [1.807, 2.05) is 0 Å². The van der Waals surface area contributed by atoms with Crippen molar-refractivity contribution in [3.63, 3.8) is 0 Å². The second kappa shape index (κ2) is 4.78. The molecule has 0 aliphatic carbocycles. The summed E-state index contributed by atoms with van der Waals surface area (Å²) in [6.45, 7) is 2.97. The summed E-state index contributed by atoms with van der Waals surface area (Å²) in [7, 11) is -3.10. The second-order valence-electron chi connectivity index (χ2n) is 4.91. The van der Waals surface area contributed by atoms with Gasteiger partial charge in [-0.2, -0.15) is 0 Å². The predicted molar refractivity (Wildman–Crippen MR) is 65.0 cm³/mol. The summed E-state index contributed by atoms with van der Waals surface area (Å²) in [5, 5.41) is 7.09. The first-order chi connectivity index (χ1) is 7.96. The van der Waals surface area contributed by atoms with Gasteiger partial charge < -0.3 is 10.6 Å². The van der Waals surface area contributed by atoms with Crippen LogP contribution in [0.3, 0.4) is 0 Å². The van der Waals surface area contributed by atoms with E-state index in [1.165, 1.54) is 5.41 Å². The van der Waals surface area contributed by atoms with Gasteiger partial charge in [-0.15, -0.1) is 0 Å². The maximum atomic E-state index is 11.9. The molecule has 1 amide bonds. The Hall–Kier alpha value is -0.880. The van der Waals surface area contributed by atoms with Crippen LogP contribution in [0.2, 0.25) is 0 Å². The monoisotopic (exact) mass is 258 g/mol. The van der Waals surface area contributed by atoms with Crippen molar-refractivity contribution in [2.45, 2.75) is 31.8 Å². The molecular weight excluding hydrogens is 240 g/mol. The third-order valence-corrected chi connectivity index (χ3v) is 4.64. The summed E-state index contributed by atoms with van der Waals surface area (Å²) in [5.74, 6) is 0.430. The van der Waals surface area contributed by atoms with Crippen LogP contribution in [0.1, 0.15) is 19.8 Å². The third kappa shape index (κ3) is 3.29. The molecule has 6 heteroatoms. The van der Waals surface area contributed by atoms with Gasteiger partial charge in [-0.1, -0.05) is 6.92 Å². The fourth-order valence-corrected chi connectivity index (χ4v) is 3.49. The van der Waals surface area contributed by atoms with E-state index in [0.717, 1.165) is 19.4 Å². The molecule has 2 N–H and O–H groups in total. The number of hydrogen-bond donors (Lipinski definition) is 2. The van der Waals surface area contributed by atoms with E-state index in [4.69, 9.17) is 0 Å². The predicted octanol–water partition coefficient (Wildman–Crippen LogP) is -0.199. The molecule has 0 radical (unpaired) electrons. The van der Waals surface area contributed by atoms with Crippen molar-refractivity contribution in [1.29, 1.82) is 0 Å². The summed E-state index contributed by atoms with van der Waals surface area (Å²) in [4.78, 5) is 11.9. The smallest absolute Gasteiger partial charge is 0.237 e. The molecule has 2 heterocycles. The highest BCUT2D eigenvalue weighted by Gasteiger charge is 2.28. The Kier molecular flexibility index (Phi) is 3.53. The molecule has 3 unspecified atom stereocenters. The van der Waals surface area contributed by atoms with Gasteiger partial charge in [-0.25, -0.2) is 8.42 Å². The minimum absolute atomic E-state index is 0.0129. The molecule has 0 aromatic heterocycles. The topological polar surface area (TPSA) is 75.3 Å². The van der Waals surface area contributed by atoms with Crippen LogP contribution in [0.5, 0.6) is 0 Å². The number of piperidine rings is 1. The van der Waals surface area contributed by atoms with E-state index < -0.39 is 9.84 Å². The normalized spacial score (nSPS) is 35.7. The number of sulfone groups is 1. The Balaban J connectivity index is 1.87. The Morgan fingerprint density at radius 3 is 2.82 bits per heavy atom. The van der Waals surface area contributed by atoms with E-state index >= 15 is 0 Å². The van der Waals surface area contributed by atoms with E-state index in [0.29, 0.717) is 5.92 Å². The van der Waals surface area contributed by atoms with Crippen LogP contribution in [0.25, 0.3) is 0 Å². The lowest BCUT2D eigenvalue weighted by molar-refractivity contribution is -0.124. The number of hydrogen-bond acceptors (Lipinski definition) is 4. The van der Waals surface area contributed by atoms with Crippen molar-refractivity contribution in [3.8, 4) is 0 Å². The van der Waals surface area contributed by atoms with Crippen molar-refractivity contribution < 1.29 is 13.2 Å². The number of carbonyl (C=O) groups is 1. The molecular formula is C11H18N2O3S. The fraction of sp³-hybridized carbons (Fsp3) is 0.727. The largest absolute Gasteiger partial charge is 0.347 e. The SMILES string of the molecule is CC1CCNC(C(=O)NC2C=CS(=O)(=O)C2)C1. The molecule has 0 aromatic rings. The molecule has 5 nitrogen and oxygen atoms in total. The van der Waals surface area contributed by atoms with Crippen molar-refractivity contribution in [2.75, 3.05) is 12.3 Å². The average molecular weight is 258 g/mol. The zero-order valence-corrected chi connectivity index (χ0v) is 10.7. The third-order valence-electron chi connectivity index (χ3n) is 3.24. The highest BCUT2D eigenvalue weighted by atomic mass is 32.2. The van der Waals surface area contributed by atoms with Gasteiger partial charge in [0.2, 0.25) is 5.91 Å². The molecule has 0 aromatic carbocycles. The molecule has 17 heavy (non-hydrogen) atoms.